The molecule has 7 nitrogen and oxygen atoms in total. The first-order valence-corrected chi connectivity index (χ1v) is 9.80. The van der Waals surface area contributed by atoms with E-state index in [9.17, 15) is 13.2 Å². The Morgan fingerprint density at radius 1 is 1.06 bits per heavy atom. The third-order valence-corrected chi connectivity index (χ3v) is 4.68. The van der Waals surface area contributed by atoms with E-state index in [1.165, 1.54) is 24.5 Å². The zero-order valence-electron chi connectivity index (χ0n) is 16.4. The lowest BCUT2D eigenvalue weighted by Crippen LogP contribution is -2.17. The van der Waals surface area contributed by atoms with Crippen LogP contribution in [0.2, 0.25) is 5.02 Å². The average Bonchev–Trinajstić information content (AvgIpc) is 3.13. The molecule has 0 spiro atoms. The maximum Gasteiger partial charge on any atom is 0.573 e. The summed E-state index contributed by atoms with van der Waals surface area (Å²) < 4.78 is 48.8. The highest BCUT2D eigenvalue weighted by Gasteiger charge is 2.31. The highest BCUT2D eigenvalue weighted by molar-refractivity contribution is 6.32. The van der Waals surface area contributed by atoms with Gasteiger partial charge < -0.3 is 25.1 Å². The standard InChI is InChI=1S/C21H17ClF3N5O2/c22-16-10-13(29-20-19-17(27-12-28-20)6-8-30(19)9-7-26)4-5-18(16)31-14-2-1-3-15(11-14)32-21(23,24)25/h1-6,8,10-12H,7,9,26H2,(H,27,28,29). The van der Waals surface area contributed by atoms with Crippen LogP contribution in [0.1, 0.15) is 0 Å². The Labute approximate surface area is 185 Å². The summed E-state index contributed by atoms with van der Waals surface area (Å²) in [5, 5.41) is 3.45. The maximum atomic E-state index is 12.4. The van der Waals surface area contributed by atoms with Crippen molar-refractivity contribution in [3.8, 4) is 17.2 Å². The molecule has 0 aliphatic heterocycles. The van der Waals surface area contributed by atoms with Crippen molar-refractivity contribution in [2.45, 2.75) is 12.9 Å². The van der Waals surface area contributed by atoms with Gasteiger partial charge in [-0.1, -0.05) is 17.7 Å². The van der Waals surface area contributed by atoms with Crippen LogP contribution in [0.4, 0.5) is 24.7 Å². The van der Waals surface area contributed by atoms with Crippen molar-refractivity contribution in [3.05, 3.63) is 66.1 Å². The molecule has 0 saturated heterocycles. The lowest BCUT2D eigenvalue weighted by Gasteiger charge is -2.13. The number of alkyl halides is 3. The van der Waals surface area contributed by atoms with E-state index in [1.807, 2.05) is 16.8 Å². The molecule has 2 aromatic carbocycles. The van der Waals surface area contributed by atoms with E-state index in [1.54, 1.807) is 18.2 Å². The maximum absolute atomic E-state index is 12.4. The molecule has 166 valence electrons. The minimum atomic E-state index is -4.79. The molecule has 0 fully saturated rings. The molecule has 4 rings (SSSR count). The Bertz CT molecular complexity index is 1250. The fourth-order valence-corrected chi connectivity index (χ4v) is 3.33. The molecule has 0 amide bonds. The van der Waals surface area contributed by atoms with Crippen molar-refractivity contribution in [2.24, 2.45) is 5.73 Å². The second kappa shape index (κ2) is 8.93. The van der Waals surface area contributed by atoms with Crippen molar-refractivity contribution in [1.82, 2.24) is 14.5 Å². The van der Waals surface area contributed by atoms with Gasteiger partial charge in [-0.2, -0.15) is 0 Å². The lowest BCUT2D eigenvalue weighted by atomic mass is 10.2. The highest BCUT2D eigenvalue weighted by atomic mass is 35.5. The summed E-state index contributed by atoms with van der Waals surface area (Å²) in [4.78, 5) is 8.57. The first-order chi connectivity index (χ1) is 15.3. The van der Waals surface area contributed by atoms with Crippen LogP contribution >= 0.6 is 11.6 Å². The highest BCUT2D eigenvalue weighted by Crippen LogP contribution is 2.35. The Balaban J connectivity index is 1.54. The normalized spacial score (nSPS) is 11.5. The first kappa shape index (κ1) is 21.7. The summed E-state index contributed by atoms with van der Waals surface area (Å²) in [7, 11) is 0. The molecule has 11 heteroatoms. The monoisotopic (exact) mass is 463 g/mol. The number of hydrogen-bond donors (Lipinski definition) is 2. The third kappa shape index (κ3) is 5.04. The van der Waals surface area contributed by atoms with Crippen LogP contribution in [0.5, 0.6) is 17.2 Å². The largest absolute Gasteiger partial charge is 0.573 e. The third-order valence-electron chi connectivity index (χ3n) is 4.38. The van der Waals surface area contributed by atoms with Crippen LogP contribution in [0.25, 0.3) is 11.0 Å². The van der Waals surface area contributed by atoms with E-state index in [0.717, 1.165) is 17.1 Å². The van der Waals surface area contributed by atoms with Gasteiger partial charge in [0.2, 0.25) is 0 Å². The Hall–Kier alpha value is -3.50. The molecule has 4 aromatic rings. The van der Waals surface area contributed by atoms with Crippen LogP contribution < -0.4 is 20.5 Å². The fourth-order valence-electron chi connectivity index (χ4n) is 3.11. The number of rotatable bonds is 7. The van der Waals surface area contributed by atoms with Crippen molar-refractivity contribution >= 4 is 34.1 Å². The number of nitrogens with two attached hydrogens (primary N) is 1. The molecule has 0 aliphatic carbocycles. The molecule has 0 atom stereocenters. The van der Waals surface area contributed by atoms with Gasteiger partial charge in [-0.15, -0.1) is 13.2 Å². The summed E-state index contributed by atoms with van der Waals surface area (Å²) >= 11 is 6.34. The Morgan fingerprint density at radius 2 is 1.88 bits per heavy atom. The topological polar surface area (TPSA) is 87.2 Å². The molecule has 0 unspecified atom stereocenters. The van der Waals surface area contributed by atoms with Crippen molar-refractivity contribution in [2.75, 3.05) is 11.9 Å². The number of ether oxygens (including phenoxy) is 2. The predicted molar refractivity (Wildman–Crippen MR) is 115 cm³/mol. The number of aromatic nitrogens is 3. The number of halogens is 4. The molecule has 32 heavy (non-hydrogen) atoms. The van der Waals surface area contributed by atoms with Crippen molar-refractivity contribution in [3.63, 3.8) is 0 Å². The van der Waals surface area contributed by atoms with Crippen LogP contribution in [0.15, 0.2) is 61.1 Å². The van der Waals surface area contributed by atoms with Gasteiger partial charge in [-0.3, -0.25) is 0 Å². The van der Waals surface area contributed by atoms with Gasteiger partial charge >= 0.3 is 6.36 Å². The fraction of sp³-hybridized carbons (Fsp3) is 0.143. The van der Waals surface area contributed by atoms with Crippen LogP contribution in [-0.2, 0) is 6.54 Å². The molecular formula is C21H17ClF3N5O2. The molecular weight excluding hydrogens is 447 g/mol. The van der Waals surface area contributed by atoms with Gasteiger partial charge in [0.1, 0.15) is 29.1 Å². The van der Waals surface area contributed by atoms with E-state index in [0.29, 0.717) is 24.6 Å². The van der Waals surface area contributed by atoms with Gasteiger partial charge in [0.15, 0.2) is 5.82 Å². The molecule has 0 aliphatic rings. The van der Waals surface area contributed by atoms with Gasteiger partial charge in [-0.05, 0) is 36.4 Å². The molecule has 3 N–H and O–H groups in total. The number of anilines is 2. The zero-order chi connectivity index (χ0) is 22.7. The van der Waals surface area contributed by atoms with Gasteiger partial charge in [0, 0.05) is 31.0 Å². The van der Waals surface area contributed by atoms with Gasteiger partial charge in [0.25, 0.3) is 0 Å². The predicted octanol–water partition coefficient (Wildman–Crippen LogP) is 5.48. The number of fused-ring (bicyclic) bond motifs is 1. The number of benzene rings is 2. The van der Waals surface area contributed by atoms with Crippen LogP contribution in [-0.4, -0.2) is 27.4 Å². The van der Waals surface area contributed by atoms with Crippen molar-refractivity contribution in [1.29, 1.82) is 0 Å². The molecule has 2 aromatic heterocycles. The zero-order valence-corrected chi connectivity index (χ0v) is 17.2. The molecule has 2 heterocycles. The average molecular weight is 464 g/mol. The molecule has 0 radical (unpaired) electrons. The Kier molecular flexibility index (Phi) is 6.06. The quantitative estimate of drug-likeness (QED) is 0.377. The van der Waals surface area contributed by atoms with E-state index in [-0.39, 0.29) is 16.5 Å². The lowest BCUT2D eigenvalue weighted by molar-refractivity contribution is -0.274. The summed E-state index contributed by atoms with van der Waals surface area (Å²) in [6, 6.07) is 12.0. The summed E-state index contributed by atoms with van der Waals surface area (Å²) in [6.45, 7) is 1.07. The van der Waals surface area contributed by atoms with E-state index in [4.69, 9.17) is 22.1 Å². The number of nitrogens with one attached hydrogen (secondary N) is 1. The summed E-state index contributed by atoms with van der Waals surface area (Å²) in [5.41, 5.74) is 7.88. The Morgan fingerprint density at radius 3 is 2.62 bits per heavy atom. The minimum absolute atomic E-state index is 0.145. The molecule has 0 bridgehead atoms. The van der Waals surface area contributed by atoms with Crippen LogP contribution in [0.3, 0.4) is 0 Å². The van der Waals surface area contributed by atoms with E-state index < -0.39 is 12.1 Å². The van der Waals surface area contributed by atoms with Crippen LogP contribution in [0, 0.1) is 0 Å². The second-order valence-corrected chi connectivity index (χ2v) is 7.06. The summed E-state index contributed by atoms with van der Waals surface area (Å²) in [6.07, 6.45) is -1.45. The van der Waals surface area contributed by atoms with Gasteiger partial charge in [0.05, 0.1) is 10.5 Å². The SMILES string of the molecule is NCCn1ccc2ncnc(Nc3ccc(Oc4cccc(OC(F)(F)F)c4)c(Cl)c3)c21. The minimum Gasteiger partial charge on any atom is -0.456 e. The van der Waals surface area contributed by atoms with E-state index in [2.05, 4.69) is 20.0 Å². The smallest absolute Gasteiger partial charge is 0.456 e. The second-order valence-electron chi connectivity index (χ2n) is 6.65. The first-order valence-electron chi connectivity index (χ1n) is 9.42. The van der Waals surface area contributed by atoms with E-state index >= 15 is 0 Å². The summed E-state index contributed by atoms with van der Waals surface area (Å²) in [5.74, 6) is 0.597. The number of hydrogen-bond acceptors (Lipinski definition) is 6. The number of nitrogens with zero attached hydrogens (tertiary/aromatic N) is 3. The molecule has 0 saturated carbocycles. The van der Waals surface area contributed by atoms with Crippen molar-refractivity contribution < 1.29 is 22.6 Å². The van der Waals surface area contributed by atoms with Gasteiger partial charge in [-0.25, -0.2) is 9.97 Å².